The fraction of sp³-hybridized carbons (Fsp3) is 0. The van der Waals surface area contributed by atoms with E-state index in [9.17, 15) is 0 Å². The van der Waals surface area contributed by atoms with Crippen molar-refractivity contribution < 1.29 is 4.57 Å². The highest BCUT2D eigenvalue weighted by Gasteiger charge is 2.06. The quantitative estimate of drug-likeness (QED) is 0.542. The van der Waals surface area contributed by atoms with Gasteiger partial charge in [0.15, 0.2) is 5.52 Å². The Morgan fingerprint density at radius 1 is 1.07 bits per heavy atom. The summed E-state index contributed by atoms with van der Waals surface area (Å²) in [5.74, 6) is 0. The SMILES string of the molecule is c1ccn2c[n+](-c3ccncc3)cc2c1. The zero-order valence-electron chi connectivity index (χ0n) is 8.12. The molecule has 0 amide bonds. The second-order valence-corrected chi connectivity index (χ2v) is 3.39. The van der Waals surface area contributed by atoms with Crippen molar-refractivity contribution in [1.29, 1.82) is 0 Å². The Kier molecular flexibility index (Phi) is 1.75. The van der Waals surface area contributed by atoms with Crippen LogP contribution in [-0.4, -0.2) is 9.38 Å². The molecule has 0 bridgehead atoms. The molecule has 3 rings (SSSR count). The van der Waals surface area contributed by atoms with Gasteiger partial charge in [0.25, 0.3) is 6.33 Å². The van der Waals surface area contributed by atoms with E-state index in [-0.39, 0.29) is 0 Å². The van der Waals surface area contributed by atoms with Crippen LogP contribution in [0.5, 0.6) is 0 Å². The van der Waals surface area contributed by atoms with E-state index in [0.29, 0.717) is 0 Å². The van der Waals surface area contributed by atoms with E-state index < -0.39 is 0 Å². The van der Waals surface area contributed by atoms with E-state index in [1.807, 2.05) is 36.8 Å². The molecule has 3 aromatic heterocycles. The van der Waals surface area contributed by atoms with Gasteiger partial charge >= 0.3 is 0 Å². The maximum atomic E-state index is 4.00. The molecule has 3 heteroatoms. The normalized spacial score (nSPS) is 10.7. The third kappa shape index (κ3) is 1.38. The predicted molar refractivity (Wildman–Crippen MR) is 56.7 cm³/mol. The fourth-order valence-corrected chi connectivity index (χ4v) is 1.65. The number of imidazole rings is 1. The zero-order chi connectivity index (χ0) is 10.1. The van der Waals surface area contributed by atoms with Crippen LogP contribution < -0.4 is 4.57 Å². The molecular formula is C12H10N3+. The molecule has 3 heterocycles. The Balaban J connectivity index is 2.21. The van der Waals surface area contributed by atoms with Crippen LogP contribution in [0.3, 0.4) is 0 Å². The van der Waals surface area contributed by atoms with Crippen LogP contribution in [0.4, 0.5) is 0 Å². The molecule has 0 N–H and O–H groups in total. The fourth-order valence-electron chi connectivity index (χ4n) is 1.65. The van der Waals surface area contributed by atoms with Crippen LogP contribution in [0.15, 0.2) is 61.4 Å². The van der Waals surface area contributed by atoms with E-state index in [0.717, 1.165) is 5.69 Å². The van der Waals surface area contributed by atoms with Crippen molar-refractivity contribution in [1.82, 2.24) is 9.38 Å². The van der Waals surface area contributed by atoms with Crippen molar-refractivity contribution in [3.8, 4) is 5.69 Å². The second-order valence-electron chi connectivity index (χ2n) is 3.39. The Morgan fingerprint density at radius 3 is 2.73 bits per heavy atom. The van der Waals surface area contributed by atoms with Gasteiger partial charge in [-0.05, 0) is 12.1 Å². The Morgan fingerprint density at radius 2 is 1.93 bits per heavy atom. The molecular weight excluding hydrogens is 186 g/mol. The smallest absolute Gasteiger partial charge is 0.254 e. The largest absolute Gasteiger partial charge is 0.264 e. The number of nitrogens with zero attached hydrogens (tertiary/aromatic N) is 3. The first-order valence-corrected chi connectivity index (χ1v) is 4.82. The van der Waals surface area contributed by atoms with Gasteiger partial charge < -0.3 is 0 Å². The molecule has 0 fully saturated rings. The zero-order valence-corrected chi connectivity index (χ0v) is 8.12. The minimum absolute atomic E-state index is 1.12. The van der Waals surface area contributed by atoms with Crippen molar-refractivity contribution in [3.05, 3.63) is 61.4 Å². The molecule has 3 aromatic rings. The molecule has 0 unspecified atom stereocenters. The summed E-state index contributed by atoms with van der Waals surface area (Å²) in [5.41, 5.74) is 2.29. The standard InChI is InChI=1S/C12H10N3/c1-2-8-14-10-15(9-12(14)3-1)11-4-6-13-7-5-11/h1-10H/q+1. The molecule has 0 radical (unpaired) electrons. The lowest BCUT2D eigenvalue weighted by atomic mass is 10.4. The van der Waals surface area contributed by atoms with Crippen molar-refractivity contribution in [2.45, 2.75) is 0 Å². The number of hydrogen-bond donors (Lipinski definition) is 0. The molecule has 0 saturated heterocycles. The molecule has 72 valence electrons. The van der Waals surface area contributed by atoms with Gasteiger partial charge in [0, 0.05) is 24.5 Å². The van der Waals surface area contributed by atoms with Crippen molar-refractivity contribution in [2.75, 3.05) is 0 Å². The highest BCUT2D eigenvalue weighted by Crippen LogP contribution is 2.02. The predicted octanol–water partition coefficient (Wildman–Crippen LogP) is 1.61. The van der Waals surface area contributed by atoms with Gasteiger partial charge in [0.1, 0.15) is 11.9 Å². The topological polar surface area (TPSA) is 21.2 Å². The molecule has 0 spiro atoms. The summed E-state index contributed by atoms with van der Waals surface area (Å²) >= 11 is 0. The highest BCUT2D eigenvalue weighted by molar-refractivity contribution is 5.42. The van der Waals surface area contributed by atoms with Crippen LogP contribution >= 0.6 is 0 Å². The van der Waals surface area contributed by atoms with Crippen molar-refractivity contribution >= 4 is 5.52 Å². The molecule has 0 atom stereocenters. The van der Waals surface area contributed by atoms with E-state index in [4.69, 9.17) is 0 Å². The number of rotatable bonds is 1. The number of fused-ring (bicyclic) bond motifs is 1. The van der Waals surface area contributed by atoms with Crippen molar-refractivity contribution in [2.24, 2.45) is 0 Å². The molecule has 15 heavy (non-hydrogen) atoms. The molecule has 0 aromatic carbocycles. The lowest BCUT2D eigenvalue weighted by Gasteiger charge is -1.91. The second kappa shape index (κ2) is 3.20. The summed E-state index contributed by atoms with van der Waals surface area (Å²) in [6.45, 7) is 0. The van der Waals surface area contributed by atoms with Gasteiger partial charge in [-0.1, -0.05) is 6.07 Å². The van der Waals surface area contributed by atoms with E-state index in [1.54, 1.807) is 12.4 Å². The summed E-state index contributed by atoms with van der Waals surface area (Å²) < 4.78 is 4.16. The van der Waals surface area contributed by atoms with Crippen molar-refractivity contribution in [3.63, 3.8) is 0 Å². The molecule has 0 aliphatic carbocycles. The number of hydrogen-bond acceptors (Lipinski definition) is 1. The van der Waals surface area contributed by atoms with Crippen LogP contribution in [0.2, 0.25) is 0 Å². The average Bonchev–Trinajstić information content (AvgIpc) is 2.74. The van der Waals surface area contributed by atoms with E-state index >= 15 is 0 Å². The highest BCUT2D eigenvalue weighted by atomic mass is 15.1. The summed E-state index contributed by atoms with van der Waals surface area (Å²) in [4.78, 5) is 4.00. The minimum Gasteiger partial charge on any atom is -0.264 e. The van der Waals surface area contributed by atoms with Crippen LogP contribution in [0.25, 0.3) is 11.2 Å². The van der Waals surface area contributed by atoms with E-state index in [2.05, 4.69) is 26.2 Å². The molecule has 0 saturated carbocycles. The first-order chi connectivity index (χ1) is 7.43. The van der Waals surface area contributed by atoms with E-state index in [1.165, 1.54) is 5.52 Å². The molecule has 0 aliphatic rings. The first kappa shape index (κ1) is 8.17. The van der Waals surface area contributed by atoms with Gasteiger partial charge in [-0.2, -0.15) is 0 Å². The third-order valence-electron chi connectivity index (χ3n) is 2.40. The summed E-state index contributed by atoms with van der Waals surface area (Å²) in [6.07, 6.45) is 9.77. The lowest BCUT2D eigenvalue weighted by Crippen LogP contribution is -2.26. The summed E-state index contributed by atoms with van der Waals surface area (Å²) in [5, 5.41) is 0. The maximum absolute atomic E-state index is 4.00. The monoisotopic (exact) mass is 196 g/mol. The lowest BCUT2D eigenvalue weighted by molar-refractivity contribution is -0.594. The van der Waals surface area contributed by atoms with Gasteiger partial charge in [-0.25, -0.2) is 8.97 Å². The average molecular weight is 196 g/mol. The van der Waals surface area contributed by atoms with Crippen LogP contribution in [0, 0.1) is 0 Å². The third-order valence-corrected chi connectivity index (χ3v) is 2.40. The molecule has 0 aliphatic heterocycles. The van der Waals surface area contributed by atoms with Gasteiger partial charge in [0.2, 0.25) is 0 Å². The summed E-state index contributed by atoms with van der Waals surface area (Å²) in [7, 11) is 0. The minimum atomic E-state index is 1.12. The number of aromatic nitrogens is 3. The Bertz CT molecular complexity index is 551. The number of pyridine rings is 2. The Hall–Kier alpha value is -2.16. The van der Waals surface area contributed by atoms with Gasteiger partial charge in [0.05, 0.1) is 6.20 Å². The summed E-state index contributed by atoms with van der Waals surface area (Å²) in [6, 6.07) is 10.1. The van der Waals surface area contributed by atoms with Gasteiger partial charge in [-0.3, -0.25) is 4.98 Å². The maximum Gasteiger partial charge on any atom is 0.254 e. The first-order valence-electron chi connectivity index (χ1n) is 4.82. The van der Waals surface area contributed by atoms with Crippen LogP contribution in [0.1, 0.15) is 0 Å². The van der Waals surface area contributed by atoms with Crippen LogP contribution in [-0.2, 0) is 0 Å². The molecule has 3 nitrogen and oxygen atoms in total. The Labute approximate surface area is 87.3 Å². The van der Waals surface area contributed by atoms with Gasteiger partial charge in [-0.15, -0.1) is 0 Å².